The van der Waals surface area contributed by atoms with E-state index in [-0.39, 0.29) is 6.42 Å². The molecule has 0 saturated heterocycles. The highest BCUT2D eigenvalue weighted by Crippen LogP contribution is 2.38. The average Bonchev–Trinajstić information content (AvgIpc) is 2.87. The summed E-state index contributed by atoms with van der Waals surface area (Å²) in [6.07, 6.45) is -0.0713. The zero-order valence-corrected chi connectivity index (χ0v) is 15.0. The molecule has 1 unspecified atom stereocenters. The van der Waals surface area contributed by atoms with E-state index >= 15 is 0 Å². The SMILES string of the molecule is C[Si](C)(C)C#CCNc1cccc2c1OC(S(=O)(=O)C(F)F)C2. The number of anilines is 1. The second-order valence-corrected chi connectivity index (χ2v) is 13.1. The number of halogens is 2. The maximum absolute atomic E-state index is 12.7. The molecular formula is C15H19F2NO3SSi. The van der Waals surface area contributed by atoms with Crippen molar-refractivity contribution in [1.82, 2.24) is 0 Å². The maximum atomic E-state index is 12.7. The van der Waals surface area contributed by atoms with Crippen LogP contribution in [0, 0.1) is 11.5 Å². The average molecular weight is 359 g/mol. The summed E-state index contributed by atoms with van der Waals surface area (Å²) in [5, 5.41) is 3.06. The van der Waals surface area contributed by atoms with E-state index in [9.17, 15) is 17.2 Å². The zero-order valence-electron chi connectivity index (χ0n) is 13.2. The Bertz CT molecular complexity index is 748. The van der Waals surface area contributed by atoms with Crippen LogP contribution in [0.3, 0.4) is 0 Å². The van der Waals surface area contributed by atoms with Crippen molar-refractivity contribution >= 4 is 23.6 Å². The number of hydrogen-bond donors (Lipinski definition) is 1. The molecule has 1 N–H and O–H groups in total. The van der Waals surface area contributed by atoms with Crippen LogP contribution >= 0.6 is 0 Å². The van der Waals surface area contributed by atoms with Crippen LogP contribution < -0.4 is 10.1 Å². The van der Waals surface area contributed by atoms with Gasteiger partial charge in [0.05, 0.1) is 12.2 Å². The van der Waals surface area contributed by atoms with Gasteiger partial charge in [0.15, 0.2) is 0 Å². The number of para-hydroxylation sites is 1. The summed E-state index contributed by atoms with van der Waals surface area (Å²) in [6.45, 7) is 6.77. The maximum Gasteiger partial charge on any atom is 0.340 e. The van der Waals surface area contributed by atoms with Crippen molar-refractivity contribution in [3.8, 4) is 17.2 Å². The number of rotatable bonds is 4. The molecule has 0 fully saturated rings. The van der Waals surface area contributed by atoms with Crippen molar-refractivity contribution in [2.75, 3.05) is 11.9 Å². The molecule has 2 rings (SSSR count). The first kappa shape index (κ1) is 17.8. The highest BCUT2D eigenvalue weighted by molar-refractivity contribution is 7.92. The van der Waals surface area contributed by atoms with Gasteiger partial charge in [0.2, 0.25) is 15.3 Å². The monoisotopic (exact) mass is 359 g/mol. The molecule has 126 valence electrons. The van der Waals surface area contributed by atoms with Crippen LogP contribution in [0.15, 0.2) is 18.2 Å². The van der Waals surface area contributed by atoms with E-state index in [2.05, 4.69) is 36.4 Å². The van der Waals surface area contributed by atoms with Gasteiger partial charge in [-0.05, 0) is 6.07 Å². The van der Waals surface area contributed by atoms with Gasteiger partial charge >= 0.3 is 5.76 Å². The van der Waals surface area contributed by atoms with Crippen LogP contribution in [0.2, 0.25) is 19.6 Å². The van der Waals surface area contributed by atoms with Crippen molar-refractivity contribution in [2.24, 2.45) is 0 Å². The number of hydrogen-bond acceptors (Lipinski definition) is 4. The van der Waals surface area contributed by atoms with E-state index in [4.69, 9.17) is 4.74 Å². The molecule has 1 aromatic rings. The highest BCUT2D eigenvalue weighted by atomic mass is 32.2. The predicted molar refractivity (Wildman–Crippen MR) is 89.1 cm³/mol. The number of ether oxygens (including phenoxy) is 1. The third-order valence-electron chi connectivity index (χ3n) is 3.18. The first-order valence-corrected chi connectivity index (χ1v) is 12.3. The fourth-order valence-electron chi connectivity index (χ4n) is 2.12. The summed E-state index contributed by atoms with van der Waals surface area (Å²) in [5.41, 5.74) is 2.83. The van der Waals surface area contributed by atoms with Crippen LogP contribution in [0.4, 0.5) is 14.5 Å². The van der Waals surface area contributed by atoms with Gasteiger partial charge in [-0.25, -0.2) is 8.42 Å². The molecule has 1 aliphatic heterocycles. The molecule has 0 spiro atoms. The van der Waals surface area contributed by atoms with Crippen LogP contribution in [0.1, 0.15) is 5.56 Å². The van der Waals surface area contributed by atoms with Gasteiger partial charge < -0.3 is 10.1 Å². The van der Waals surface area contributed by atoms with Crippen LogP contribution in [0.5, 0.6) is 5.75 Å². The Morgan fingerprint density at radius 3 is 2.70 bits per heavy atom. The third-order valence-corrected chi connectivity index (χ3v) is 5.60. The molecule has 8 heteroatoms. The summed E-state index contributed by atoms with van der Waals surface area (Å²) >= 11 is 0. The molecule has 0 amide bonds. The van der Waals surface area contributed by atoms with Crippen molar-refractivity contribution in [3.05, 3.63) is 23.8 Å². The largest absolute Gasteiger partial charge is 0.472 e. The Labute approximate surface area is 136 Å². The minimum atomic E-state index is -4.61. The number of sulfone groups is 1. The molecule has 1 atom stereocenters. The van der Waals surface area contributed by atoms with E-state index in [1.807, 2.05) is 0 Å². The van der Waals surface area contributed by atoms with Gasteiger partial charge in [-0.2, -0.15) is 8.78 Å². The van der Waals surface area contributed by atoms with Gasteiger partial charge in [-0.15, -0.1) is 5.54 Å². The smallest absolute Gasteiger partial charge is 0.340 e. The summed E-state index contributed by atoms with van der Waals surface area (Å²) in [4.78, 5) is 0. The standard InChI is InChI=1S/C15H19F2NO3SSi/c1-23(2,3)9-5-8-18-12-7-4-6-11-10-13(21-14(11)12)22(19,20)15(16)17/h4,6-7,13,15,18H,8,10H2,1-3H3. The second kappa shape index (κ2) is 6.49. The molecule has 1 heterocycles. The number of alkyl halides is 2. The van der Waals surface area contributed by atoms with Crippen LogP contribution in [0.25, 0.3) is 0 Å². The molecule has 0 saturated carbocycles. The fourth-order valence-corrected chi connectivity index (χ4v) is 3.61. The lowest BCUT2D eigenvalue weighted by atomic mass is 10.1. The molecule has 0 aliphatic carbocycles. The lowest BCUT2D eigenvalue weighted by Gasteiger charge is -2.13. The highest BCUT2D eigenvalue weighted by Gasteiger charge is 2.41. The van der Waals surface area contributed by atoms with E-state index in [1.165, 1.54) is 0 Å². The van der Waals surface area contributed by atoms with Crippen molar-refractivity contribution in [2.45, 2.75) is 37.3 Å². The summed E-state index contributed by atoms with van der Waals surface area (Å²) in [5.74, 6) is -0.0959. The lowest BCUT2D eigenvalue weighted by Crippen LogP contribution is -2.30. The molecule has 1 aliphatic rings. The zero-order chi connectivity index (χ0) is 17.3. The molecule has 23 heavy (non-hydrogen) atoms. The Morgan fingerprint density at radius 1 is 1.39 bits per heavy atom. The second-order valence-electron chi connectivity index (χ2n) is 6.30. The Balaban J connectivity index is 2.14. The Hall–Kier alpha value is -1.59. The number of nitrogens with one attached hydrogen (secondary N) is 1. The minimum absolute atomic E-state index is 0.0713. The van der Waals surface area contributed by atoms with Gasteiger partial charge in [-0.1, -0.05) is 37.7 Å². The normalized spacial score (nSPS) is 17.2. The van der Waals surface area contributed by atoms with E-state index in [0.29, 0.717) is 23.5 Å². The summed E-state index contributed by atoms with van der Waals surface area (Å²) in [6, 6.07) is 5.12. The summed E-state index contributed by atoms with van der Waals surface area (Å²) in [7, 11) is -6.07. The van der Waals surface area contributed by atoms with Gasteiger partial charge in [0, 0.05) is 12.0 Å². The summed E-state index contributed by atoms with van der Waals surface area (Å²) < 4.78 is 53.7. The third kappa shape index (κ3) is 4.23. The molecule has 4 nitrogen and oxygen atoms in total. The Morgan fingerprint density at radius 2 is 2.09 bits per heavy atom. The van der Waals surface area contributed by atoms with Crippen LogP contribution in [-0.4, -0.2) is 34.2 Å². The first-order valence-electron chi connectivity index (χ1n) is 7.14. The first-order chi connectivity index (χ1) is 10.6. The van der Waals surface area contributed by atoms with Gasteiger partial charge in [0.25, 0.3) is 0 Å². The number of benzene rings is 1. The molecule has 1 aromatic carbocycles. The van der Waals surface area contributed by atoms with Gasteiger partial charge in [0.1, 0.15) is 13.8 Å². The fraction of sp³-hybridized carbons (Fsp3) is 0.467. The van der Waals surface area contributed by atoms with Crippen molar-refractivity contribution < 1.29 is 21.9 Å². The van der Waals surface area contributed by atoms with E-state index < -0.39 is 29.1 Å². The molecule has 0 aromatic heterocycles. The van der Waals surface area contributed by atoms with Crippen molar-refractivity contribution in [3.63, 3.8) is 0 Å². The quantitative estimate of drug-likeness (QED) is 0.663. The van der Waals surface area contributed by atoms with Crippen LogP contribution in [-0.2, 0) is 16.3 Å². The van der Waals surface area contributed by atoms with Gasteiger partial charge in [-0.3, -0.25) is 0 Å². The molecule has 0 bridgehead atoms. The Kier molecular flexibility index (Phi) is 5.01. The van der Waals surface area contributed by atoms with E-state index in [0.717, 1.165) is 0 Å². The molecular weight excluding hydrogens is 340 g/mol. The predicted octanol–water partition coefficient (Wildman–Crippen LogP) is 2.88. The molecule has 0 radical (unpaired) electrons. The number of fused-ring (bicyclic) bond motifs is 1. The lowest BCUT2D eigenvalue weighted by molar-refractivity contribution is 0.217. The van der Waals surface area contributed by atoms with Crippen molar-refractivity contribution in [1.29, 1.82) is 0 Å². The minimum Gasteiger partial charge on any atom is -0.472 e. The van der Waals surface area contributed by atoms with E-state index in [1.54, 1.807) is 18.2 Å². The topological polar surface area (TPSA) is 55.4 Å².